The molecule has 0 aliphatic carbocycles. The van der Waals surface area contributed by atoms with Crippen LogP contribution in [-0.4, -0.2) is 30.2 Å². The Bertz CT molecular complexity index is 374. The monoisotopic (exact) mass is 238 g/mol. The molecule has 1 aromatic rings. The van der Waals surface area contributed by atoms with Gasteiger partial charge in [-0.25, -0.2) is 0 Å². The molecule has 0 atom stereocenters. The Kier molecular flexibility index (Phi) is 5.42. The summed E-state index contributed by atoms with van der Waals surface area (Å²) in [6, 6.07) is 3.36. The van der Waals surface area contributed by atoms with Gasteiger partial charge < -0.3 is 10.2 Å². The van der Waals surface area contributed by atoms with Gasteiger partial charge in [-0.2, -0.15) is 0 Å². The Morgan fingerprint density at radius 1 is 1.53 bits per heavy atom. The van der Waals surface area contributed by atoms with Crippen LogP contribution in [0.4, 0.5) is 0 Å². The van der Waals surface area contributed by atoms with Gasteiger partial charge in [-0.3, -0.25) is 14.5 Å². The van der Waals surface area contributed by atoms with Crippen molar-refractivity contribution in [1.82, 2.24) is 4.90 Å². The molecule has 0 bridgehead atoms. The highest BCUT2D eigenvalue weighted by atomic mass is 16.3. The van der Waals surface area contributed by atoms with E-state index in [2.05, 4.69) is 6.92 Å². The molecule has 0 aliphatic rings. The molecule has 1 aromatic heterocycles. The molecule has 94 valence electrons. The quantitative estimate of drug-likeness (QED) is 0.690. The molecule has 0 saturated carbocycles. The van der Waals surface area contributed by atoms with Crippen LogP contribution in [0, 0.1) is 0 Å². The number of unbranched alkanes of at least 4 members (excludes halogenated alkanes) is 1. The highest BCUT2D eigenvalue weighted by molar-refractivity contribution is 5.75. The molecule has 0 radical (unpaired) electrons. The first-order valence-corrected chi connectivity index (χ1v) is 5.70. The fourth-order valence-electron chi connectivity index (χ4n) is 1.58. The summed E-state index contributed by atoms with van der Waals surface area (Å²) in [4.78, 5) is 23.3. The van der Waals surface area contributed by atoms with Crippen molar-refractivity contribution in [3.05, 3.63) is 23.7 Å². The number of aldehydes is 1. The maximum absolute atomic E-state index is 10.9. The number of nitrogens with two attached hydrogens (primary N) is 1. The van der Waals surface area contributed by atoms with Crippen LogP contribution in [0.2, 0.25) is 0 Å². The minimum absolute atomic E-state index is 0.205. The highest BCUT2D eigenvalue weighted by Gasteiger charge is 2.11. The molecule has 0 unspecified atom stereocenters. The largest absolute Gasteiger partial charge is 0.457 e. The van der Waals surface area contributed by atoms with Gasteiger partial charge in [-0.15, -0.1) is 0 Å². The van der Waals surface area contributed by atoms with Crippen molar-refractivity contribution in [2.24, 2.45) is 5.73 Å². The number of furan rings is 1. The summed E-state index contributed by atoms with van der Waals surface area (Å²) in [5, 5.41) is 0. The van der Waals surface area contributed by atoms with Crippen LogP contribution < -0.4 is 5.73 Å². The van der Waals surface area contributed by atoms with Gasteiger partial charge in [0, 0.05) is 0 Å². The number of amides is 1. The molecular weight excluding hydrogens is 220 g/mol. The molecule has 0 saturated heterocycles. The molecule has 5 heteroatoms. The van der Waals surface area contributed by atoms with Crippen LogP contribution in [0.5, 0.6) is 0 Å². The first-order valence-electron chi connectivity index (χ1n) is 5.70. The molecule has 0 fully saturated rings. The van der Waals surface area contributed by atoms with Crippen LogP contribution in [0.25, 0.3) is 0 Å². The van der Waals surface area contributed by atoms with E-state index in [4.69, 9.17) is 10.2 Å². The van der Waals surface area contributed by atoms with E-state index in [0.29, 0.717) is 24.4 Å². The van der Waals surface area contributed by atoms with Crippen LogP contribution in [-0.2, 0) is 11.3 Å². The topological polar surface area (TPSA) is 76.5 Å². The van der Waals surface area contributed by atoms with Crippen molar-refractivity contribution in [1.29, 1.82) is 0 Å². The smallest absolute Gasteiger partial charge is 0.231 e. The third-order valence-electron chi connectivity index (χ3n) is 2.39. The maximum atomic E-state index is 10.9. The summed E-state index contributed by atoms with van der Waals surface area (Å²) in [5.74, 6) is 0.613. The number of hydrogen-bond donors (Lipinski definition) is 1. The summed E-state index contributed by atoms with van der Waals surface area (Å²) in [6.45, 7) is 3.57. The molecule has 1 amide bonds. The maximum Gasteiger partial charge on any atom is 0.231 e. The summed E-state index contributed by atoms with van der Waals surface area (Å²) in [6.07, 6.45) is 2.70. The van der Waals surface area contributed by atoms with E-state index < -0.39 is 0 Å². The Hall–Kier alpha value is -1.62. The lowest BCUT2D eigenvalue weighted by Crippen LogP contribution is -2.33. The number of carbonyl (C=O) groups is 2. The molecule has 2 N–H and O–H groups in total. The summed E-state index contributed by atoms with van der Waals surface area (Å²) >= 11 is 0. The third kappa shape index (κ3) is 4.82. The lowest BCUT2D eigenvalue weighted by atomic mass is 10.3. The van der Waals surface area contributed by atoms with E-state index in [9.17, 15) is 9.59 Å². The van der Waals surface area contributed by atoms with Gasteiger partial charge in [0.1, 0.15) is 5.76 Å². The number of primary amides is 1. The number of carbonyl (C=O) groups excluding carboxylic acids is 2. The predicted octanol–water partition coefficient (Wildman–Crippen LogP) is 1.18. The van der Waals surface area contributed by atoms with Gasteiger partial charge in [-0.1, -0.05) is 13.3 Å². The highest BCUT2D eigenvalue weighted by Crippen LogP contribution is 2.09. The zero-order valence-electron chi connectivity index (χ0n) is 10.0. The lowest BCUT2D eigenvalue weighted by molar-refractivity contribution is -0.119. The third-order valence-corrected chi connectivity index (χ3v) is 2.39. The van der Waals surface area contributed by atoms with Crippen LogP contribution in [0.3, 0.4) is 0 Å². The average Bonchev–Trinajstić information content (AvgIpc) is 2.73. The van der Waals surface area contributed by atoms with Gasteiger partial charge in [-0.05, 0) is 25.1 Å². The molecule has 1 rings (SSSR count). The summed E-state index contributed by atoms with van der Waals surface area (Å²) in [5.41, 5.74) is 5.18. The second kappa shape index (κ2) is 6.85. The van der Waals surface area contributed by atoms with E-state index in [-0.39, 0.29) is 12.5 Å². The number of rotatable bonds is 8. The molecule has 5 nitrogen and oxygen atoms in total. The van der Waals surface area contributed by atoms with Gasteiger partial charge >= 0.3 is 0 Å². The second-order valence-electron chi connectivity index (χ2n) is 3.95. The van der Waals surface area contributed by atoms with Crippen molar-refractivity contribution in [3.8, 4) is 0 Å². The van der Waals surface area contributed by atoms with Gasteiger partial charge in [0.25, 0.3) is 0 Å². The molecule has 17 heavy (non-hydrogen) atoms. The van der Waals surface area contributed by atoms with E-state index in [1.807, 2.05) is 4.90 Å². The van der Waals surface area contributed by atoms with E-state index in [0.717, 1.165) is 19.4 Å². The standard InChI is InChI=1S/C12H18N2O3/c1-2-3-6-14(8-12(13)16)7-10-4-5-11(9-15)17-10/h4-5,9H,2-3,6-8H2,1H3,(H2,13,16). The predicted molar refractivity (Wildman–Crippen MR) is 63.5 cm³/mol. The fourth-order valence-corrected chi connectivity index (χ4v) is 1.58. The zero-order chi connectivity index (χ0) is 12.7. The van der Waals surface area contributed by atoms with E-state index >= 15 is 0 Å². The summed E-state index contributed by atoms with van der Waals surface area (Å²) in [7, 11) is 0. The molecule has 0 aliphatic heterocycles. The Balaban J connectivity index is 2.57. The van der Waals surface area contributed by atoms with Gasteiger partial charge in [0.05, 0.1) is 13.1 Å². The molecule has 1 heterocycles. The summed E-state index contributed by atoms with van der Waals surface area (Å²) < 4.78 is 5.26. The first kappa shape index (κ1) is 13.4. The molecular formula is C12H18N2O3. The van der Waals surface area contributed by atoms with Crippen LogP contribution in [0.15, 0.2) is 16.5 Å². The lowest BCUT2D eigenvalue weighted by Gasteiger charge is -2.18. The molecule has 0 spiro atoms. The Morgan fingerprint density at radius 3 is 2.82 bits per heavy atom. The van der Waals surface area contributed by atoms with Crippen molar-refractivity contribution in [2.45, 2.75) is 26.3 Å². The SMILES string of the molecule is CCCCN(CC(N)=O)Cc1ccc(C=O)o1. The Morgan fingerprint density at radius 2 is 2.29 bits per heavy atom. The van der Waals surface area contributed by atoms with Crippen LogP contribution >= 0.6 is 0 Å². The first-order chi connectivity index (χ1) is 8.15. The van der Waals surface area contributed by atoms with Crippen molar-refractivity contribution in [2.75, 3.05) is 13.1 Å². The second-order valence-corrected chi connectivity index (χ2v) is 3.95. The van der Waals surface area contributed by atoms with Crippen molar-refractivity contribution >= 4 is 12.2 Å². The number of hydrogen-bond acceptors (Lipinski definition) is 4. The molecule has 0 aromatic carbocycles. The Labute approximate surface area is 101 Å². The average molecular weight is 238 g/mol. The van der Waals surface area contributed by atoms with Gasteiger partial charge in [0.2, 0.25) is 5.91 Å². The van der Waals surface area contributed by atoms with Crippen molar-refractivity contribution in [3.63, 3.8) is 0 Å². The van der Waals surface area contributed by atoms with E-state index in [1.54, 1.807) is 12.1 Å². The van der Waals surface area contributed by atoms with Crippen molar-refractivity contribution < 1.29 is 14.0 Å². The minimum Gasteiger partial charge on any atom is -0.457 e. The van der Waals surface area contributed by atoms with Crippen LogP contribution in [0.1, 0.15) is 36.1 Å². The fraction of sp³-hybridized carbons (Fsp3) is 0.500. The van der Waals surface area contributed by atoms with Gasteiger partial charge in [0.15, 0.2) is 12.0 Å². The number of nitrogens with zero attached hydrogens (tertiary/aromatic N) is 1. The minimum atomic E-state index is -0.358. The normalized spacial score (nSPS) is 10.7. The zero-order valence-corrected chi connectivity index (χ0v) is 10.0. The van der Waals surface area contributed by atoms with E-state index in [1.165, 1.54) is 0 Å².